The van der Waals surface area contributed by atoms with Crippen LogP contribution in [0.4, 0.5) is 0 Å². The number of hydrogen-bond donors (Lipinski definition) is 1. The summed E-state index contributed by atoms with van der Waals surface area (Å²) in [5.41, 5.74) is 3.06. The molecule has 1 aromatic heterocycles. The van der Waals surface area contributed by atoms with Gasteiger partial charge in [0.1, 0.15) is 5.82 Å². The quantitative estimate of drug-likeness (QED) is 0.472. The Bertz CT molecular complexity index is 1020. The maximum Gasteiger partial charge on any atom is 0.111 e. The minimum atomic E-state index is 0.639. The van der Waals surface area contributed by atoms with E-state index in [9.17, 15) is 0 Å². The van der Waals surface area contributed by atoms with Gasteiger partial charge in [0.15, 0.2) is 0 Å². The van der Waals surface area contributed by atoms with Gasteiger partial charge in [-0.25, -0.2) is 4.98 Å². The highest BCUT2D eigenvalue weighted by Gasteiger charge is 2.09. The second-order valence-electron chi connectivity index (χ2n) is 5.67. The minimum absolute atomic E-state index is 0.639. The smallest absolute Gasteiger partial charge is 0.111 e. The molecule has 0 fully saturated rings. The van der Waals surface area contributed by atoms with E-state index in [1.807, 2.05) is 30.5 Å². The number of benzene rings is 3. The van der Waals surface area contributed by atoms with Crippen molar-refractivity contribution in [2.75, 3.05) is 0 Å². The summed E-state index contributed by atoms with van der Waals surface area (Å²) in [5, 5.41) is 3.70. The van der Waals surface area contributed by atoms with Gasteiger partial charge in [-0.15, -0.1) is 0 Å². The van der Waals surface area contributed by atoms with Crippen molar-refractivity contribution >= 4 is 34.0 Å². The summed E-state index contributed by atoms with van der Waals surface area (Å²) in [6.07, 6.45) is 2.59. The maximum absolute atomic E-state index is 6.26. The van der Waals surface area contributed by atoms with Crippen molar-refractivity contribution < 1.29 is 0 Å². The highest BCUT2D eigenvalue weighted by atomic mass is 35.5. The standard InChI is InChI=1S/C20H14Cl2N2/c21-15-9-8-14(18(22)11-15)10-20-23-12-19(24-20)17-7-3-5-13-4-1-2-6-16(13)17/h1-9,11-12H,10H2,(H,23,24). The predicted octanol–water partition coefficient (Wildman–Crippen LogP) is 6.13. The summed E-state index contributed by atoms with van der Waals surface area (Å²) in [7, 11) is 0. The van der Waals surface area contributed by atoms with Gasteiger partial charge in [-0.1, -0.05) is 71.7 Å². The van der Waals surface area contributed by atoms with Crippen LogP contribution in [0.5, 0.6) is 0 Å². The van der Waals surface area contributed by atoms with Gasteiger partial charge in [0.25, 0.3) is 0 Å². The molecule has 0 aliphatic heterocycles. The molecular formula is C20H14Cl2N2. The third-order valence-electron chi connectivity index (χ3n) is 4.07. The van der Waals surface area contributed by atoms with Crippen molar-refractivity contribution in [1.82, 2.24) is 9.97 Å². The number of halogens is 2. The molecule has 118 valence electrons. The van der Waals surface area contributed by atoms with Crippen molar-refractivity contribution in [3.05, 3.63) is 88.3 Å². The SMILES string of the molecule is Clc1ccc(Cc2nc(-c3cccc4ccccc34)c[nH]2)c(Cl)c1. The van der Waals surface area contributed by atoms with Crippen molar-refractivity contribution in [2.24, 2.45) is 0 Å². The normalized spacial score (nSPS) is 11.1. The van der Waals surface area contributed by atoms with Gasteiger partial charge in [-0.05, 0) is 28.5 Å². The van der Waals surface area contributed by atoms with Crippen LogP contribution in [-0.4, -0.2) is 9.97 Å². The van der Waals surface area contributed by atoms with Gasteiger partial charge < -0.3 is 4.98 Å². The Hall–Kier alpha value is -2.29. The van der Waals surface area contributed by atoms with Gasteiger partial charge in [0.05, 0.1) is 5.69 Å². The third-order valence-corrected chi connectivity index (χ3v) is 4.66. The molecule has 0 amide bonds. The predicted molar refractivity (Wildman–Crippen MR) is 101 cm³/mol. The summed E-state index contributed by atoms with van der Waals surface area (Å²) in [6, 6.07) is 20.1. The van der Waals surface area contributed by atoms with E-state index in [0.717, 1.165) is 22.6 Å². The van der Waals surface area contributed by atoms with Crippen LogP contribution in [0.3, 0.4) is 0 Å². The topological polar surface area (TPSA) is 28.7 Å². The van der Waals surface area contributed by atoms with E-state index < -0.39 is 0 Å². The molecule has 0 unspecified atom stereocenters. The number of H-pyrrole nitrogens is 1. The third kappa shape index (κ3) is 2.91. The Labute approximate surface area is 150 Å². The van der Waals surface area contributed by atoms with Crippen LogP contribution in [0, 0.1) is 0 Å². The second kappa shape index (κ2) is 6.31. The lowest BCUT2D eigenvalue weighted by Gasteiger charge is -2.04. The van der Waals surface area contributed by atoms with Crippen molar-refractivity contribution in [1.29, 1.82) is 0 Å². The number of hydrogen-bond acceptors (Lipinski definition) is 1. The fourth-order valence-electron chi connectivity index (χ4n) is 2.88. The average molecular weight is 353 g/mol. The van der Waals surface area contributed by atoms with Gasteiger partial charge in [0.2, 0.25) is 0 Å². The van der Waals surface area contributed by atoms with Gasteiger partial charge >= 0.3 is 0 Å². The molecule has 24 heavy (non-hydrogen) atoms. The summed E-state index contributed by atoms with van der Waals surface area (Å²) in [4.78, 5) is 8.00. The van der Waals surface area contributed by atoms with Crippen LogP contribution in [0.1, 0.15) is 11.4 Å². The molecule has 1 N–H and O–H groups in total. The fourth-order valence-corrected chi connectivity index (χ4v) is 3.36. The Morgan fingerprint density at radius 2 is 1.75 bits per heavy atom. The molecule has 3 aromatic carbocycles. The zero-order chi connectivity index (χ0) is 16.5. The van der Waals surface area contributed by atoms with Gasteiger partial charge in [-0.2, -0.15) is 0 Å². The number of rotatable bonds is 3. The summed E-state index contributed by atoms with van der Waals surface area (Å²) >= 11 is 12.2. The molecule has 0 bridgehead atoms. The molecule has 4 rings (SSSR count). The maximum atomic E-state index is 6.26. The molecule has 4 heteroatoms. The number of aromatic nitrogens is 2. The van der Waals surface area contributed by atoms with Crippen LogP contribution in [0.25, 0.3) is 22.0 Å². The number of fused-ring (bicyclic) bond motifs is 1. The van der Waals surface area contributed by atoms with E-state index in [1.54, 1.807) is 6.07 Å². The first-order valence-electron chi connectivity index (χ1n) is 7.67. The van der Waals surface area contributed by atoms with Crippen LogP contribution in [-0.2, 0) is 6.42 Å². The van der Waals surface area contributed by atoms with E-state index in [2.05, 4.69) is 35.3 Å². The molecule has 1 heterocycles. The molecule has 4 aromatic rings. The lowest BCUT2D eigenvalue weighted by molar-refractivity contribution is 1.03. The number of aromatic amines is 1. The lowest BCUT2D eigenvalue weighted by Crippen LogP contribution is -1.92. The minimum Gasteiger partial charge on any atom is -0.348 e. The summed E-state index contributed by atoms with van der Waals surface area (Å²) < 4.78 is 0. The summed E-state index contributed by atoms with van der Waals surface area (Å²) in [6.45, 7) is 0. The zero-order valence-electron chi connectivity index (χ0n) is 12.8. The van der Waals surface area contributed by atoms with E-state index >= 15 is 0 Å². The van der Waals surface area contributed by atoms with E-state index in [-0.39, 0.29) is 0 Å². The molecule has 0 spiro atoms. The van der Waals surface area contributed by atoms with Crippen LogP contribution in [0.15, 0.2) is 66.9 Å². The number of imidazole rings is 1. The average Bonchev–Trinajstić information content (AvgIpc) is 3.05. The molecule has 0 saturated heterocycles. The molecule has 0 aliphatic carbocycles. The van der Waals surface area contributed by atoms with E-state index in [4.69, 9.17) is 28.2 Å². The van der Waals surface area contributed by atoms with Crippen molar-refractivity contribution in [2.45, 2.75) is 6.42 Å². The first kappa shape index (κ1) is 15.3. The fraction of sp³-hybridized carbons (Fsp3) is 0.0500. The molecule has 0 radical (unpaired) electrons. The Kier molecular flexibility index (Phi) is 4.01. The van der Waals surface area contributed by atoms with E-state index in [0.29, 0.717) is 16.5 Å². The molecular weight excluding hydrogens is 339 g/mol. The number of nitrogens with one attached hydrogen (secondary N) is 1. The first-order chi connectivity index (χ1) is 11.7. The molecule has 0 saturated carbocycles. The Balaban J connectivity index is 1.69. The Morgan fingerprint density at radius 1 is 0.917 bits per heavy atom. The first-order valence-corrected chi connectivity index (χ1v) is 8.42. The van der Waals surface area contributed by atoms with Crippen LogP contribution < -0.4 is 0 Å². The number of nitrogens with zero attached hydrogens (tertiary/aromatic N) is 1. The van der Waals surface area contributed by atoms with E-state index in [1.165, 1.54) is 10.8 Å². The van der Waals surface area contributed by atoms with Gasteiger partial charge in [-0.3, -0.25) is 0 Å². The largest absolute Gasteiger partial charge is 0.348 e. The molecule has 0 aliphatic rings. The lowest BCUT2D eigenvalue weighted by atomic mass is 10.0. The van der Waals surface area contributed by atoms with Crippen LogP contribution in [0.2, 0.25) is 10.0 Å². The van der Waals surface area contributed by atoms with Gasteiger partial charge in [0, 0.05) is 28.2 Å². The molecule has 0 atom stereocenters. The highest BCUT2D eigenvalue weighted by Crippen LogP contribution is 2.28. The van der Waals surface area contributed by atoms with Crippen molar-refractivity contribution in [3.63, 3.8) is 0 Å². The van der Waals surface area contributed by atoms with Crippen molar-refractivity contribution in [3.8, 4) is 11.3 Å². The zero-order valence-corrected chi connectivity index (χ0v) is 14.3. The van der Waals surface area contributed by atoms with Crippen LogP contribution >= 0.6 is 23.2 Å². The Morgan fingerprint density at radius 3 is 2.62 bits per heavy atom. The molecule has 2 nitrogen and oxygen atoms in total. The highest BCUT2D eigenvalue weighted by molar-refractivity contribution is 6.35. The second-order valence-corrected chi connectivity index (χ2v) is 6.52. The summed E-state index contributed by atoms with van der Waals surface area (Å²) in [5.74, 6) is 0.877. The monoisotopic (exact) mass is 352 g/mol.